The van der Waals surface area contributed by atoms with Crippen molar-refractivity contribution in [1.82, 2.24) is 20.5 Å². The number of nitrogens with one attached hydrogen (secondary N) is 2. The molecule has 0 aliphatic heterocycles. The van der Waals surface area contributed by atoms with Crippen LogP contribution in [0.5, 0.6) is 0 Å². The van der Waals surface area contributed by atoms with Gasteiger partial charge in [0.1, 0.15) is 12.2 Å². The van der Waals surface area contributed by atoms with E-state index in [0.29, 0.717) is 6.04 Å². The third-order valence-electron chi connectivity index (χ3n) is 3.71. The highest BCUT2D eigenvalue weighted by Gasteiger charge is 2.27. The van der Waals surface area contributed by atoms with Gasteiger partial charge in [-0.1, -0.05) is 24.3 Å². The monoisotopic (exact) mass is 257 g/mol. The minimum Gasteiger partial charge on any atom is -0.324 e. The molecule has 2 aromatic rings. The van der Waals surface area contributed by atoms with E-state index in [2.05, 4.69) is 44.8 Å². The number of aryl methyl sites for hydroxylation is 1. The first-order valence-electron chi connectivity index (χ1n) is 6.76. The molecule has 19 heavy (non-hydrogen) atoms. The number of nitrogens with two attached hydrogens (primary N) is 1. The zero-order valence-corrected chi connectivity index (χ0v) is 10.8. The third-order valence-corrected chi connectivity index (χ3v) is 3.71. The zero-order valence-electron chi connectivity index (χ0n) is 10.8. The van der Waals surface area contributed by atoms with E-state index < -0.39 is 0 Å². The standard InChI is InChI=1S/C14H19N5/c15-12-8-13(11-5-2-1-4-10(11)12)16-7-3-6-14-17-9-18-19-14/h1-2,4-5,9,12-13,16H,3,6-8,15H2,(H,17,18,19). The number of H-pyrrole nitrogens is 1. The quantitative estimate of drug-likeness (QED) is 0.709. The van der Waals surface area contributed by atoms with Crippen LogP contribution >= 0.6 is 0 Å². The molecule has 0 fully saturated rings. The van der Waals surface area contributed by atoms with Crippen LogP contribution in [0, 0.1) is 0 Å². The lowest BCUT2D eigenvalue weighted by Gasteiger charge is -2.13. The van der Waals surface area contributed by atoms with Gasteiger partial charge >= 0.3 is 0 Å². The highest BCUT2D eigenvalue weighted by molar-refractivity contribution is 5.37. The fourth-order valence-electron chi connectivity index (χ4n) is 2.75. The van der Waals surface area contributed by atoms with Crippen LogP contribution in [-0.2, 0) is 6.42 Å². The van der Waals surface area contributed by atoms with Crippen LogP contribution in [-0.4, -0.2) is 21.7 Å². The second-order valence-corrected chi connectivity index (χ2v) is 5.01. The van der Waals surface area contributed by atoms with Gasteiger partial charge in [0, 0.05) is 18.5 Å². The third kappa shape index (κ3) is 2.67. The molecule has 1 aromatic carbocycles. The number of aromatic amines is 1. The predicted molar refractivity (Wildman–Crippen MR) is 73.4 cm³/mol. The summed E-state index contributed by atoms with van der Waals surface area (Å²) in [6, 6.07) is 9.02. The van der Waals surface area contributed by atoms with Gasteiger partial charge in [0.25, 0.3) is 0 Å². The van der Waals surface area contributed by atoms with E-state index in [1.54, 1.807) is 6.33 Å². The second kappa shape index (κ2) is 5.50. The van der Waals surface area contributed by atoms with Gasteiger partial charge in [-0.05, 0) is 30.5 Å². The van der Waals surface area contributed by atoms with Gasteiger partial charge in [-0.3, -0.25) is 5.10 Å². The first-order chi connectivity index (χ1) is 9.34. The summed E-state index contributed by atoms with van der Waals surface area (Å²) in [5.74, 6) is 0.949. The molecule has 1 aliphatic rings. The van der Waals surface area contributed by atoms with Gasteiger partial charge in [0.05, 0.1) is 0 Å². The number of aromatic nitrogens is 3. The van der Waals surface area contributed by atoms with E-state index in [1.165, 1.54) is 11.1 Å². The molecule has 5 nitrogen and oxygen atoms in total. The van der Waals surface area contributed by atoms with Crippen LogP contribution < -0.4 is 11.1 Å². The number of benzene rings is 1. The Labute approximate surface area is 112 Å². The van der Waals surface area contributed by atoms with Crippen molar-refractivity contribution in [3.8, 4) is 0 Å². The minimum absolute atomic E-state index is 0.169. The average Bonchev–Trinajstić information content (AvgIpc) is 3.04. The minimum atomic E-state index is 0.169. The van der Waals surface area contributed by atoms with E-state index in [-0.39, 0.29) is 6.04 Å². The van der Waals surface area contributed by atoms with E-state index in [0.717, 1.165) is 31.6 Å². The normalized spacial score (nSPS) is 21.5. The Morgan fingerprint density at radius 3 is 2.95 bits per heavy atom. The first kappa shape index (κ1) is 12.3. The van der Waals surface area contributed by atoms with Crippen LogP contribution in [0.2, 0.25) is 0 Å². The van der Waals surface area contributed by atoms with E-state index in [9.17, 15) is 0 Å². The molecule has 0 spiro atoms. The SMILES string of the molecule is NC1CC(NCCCc2ncn[nH]2)c2ccccc21. The molecular formula is C14H19N5. The fourth-order valence-corrected chi connectivity index (χ4v) is 2.75. The number of hydrogen-bond donors (Lipinski definition) is 3. The molecule has 0 radical (unpaired) electrons. The summed E-state index contributed by atoms with van der Waals surface area (Å²) in [6.45, 7) is 0.965. The molecule has 3 rings (SSSR count). The summed E-state index contributed by atoms with van der Waals surface area (Å²) in [6.07, 6.45) is 4.51. The lowest BCUT2D eigenvalue weighted by Crippen LogP contribution is -2.21. The molecule has 0 bridgehead atoms. The molecule has 2 unspecified atom stereocenters. The summed E-state index contributed by atoms with van der Waals surface area (Å²) in [5.41, 5.74) is 8.80. The molecule has 1 aromatic heterocycles. The highest BCUT2D eigenvalue weighted by Crippen LogP contribution is 2.36. The van der Waals surface area contributed by atoms with Gasteiger partial charge in [0.2, 0.25) is 0 Å². The molecule has 1 aliphatic carbocycles. The summed E-state index contributed by atoms with van der Waals surface area (Å²) in [7, 11) is 0. The van der Waals surface area contributed by atoms with Gasteiger partial charge < -0.3 is 11.1 Å². The van der Waals surface area contributed by atoms with E-state index in [4.69, 9.17) is 5.73 Å². The molecule has 1 heterocycles. The predicted octanol–water partition coefficient (Wildman–Crippen LogP) is 1.47. The van der Waals surface area contributed by atoms with Crippen molar-refractivity contribution in [2.45, 2.75) is 31.3 Å². The number of rotatable bonds is 5. The molecule has 5 heteroatoms. The first-order valence-corrected chi connectivity index (χ1v) is 6.76. The number of fused-ring (bicyclic) bond motifs is 1. The number of hydrogen-bond acceptors (Lipinski definition) is 4. The van der Waals surface area contributed by atoms with Crippen LogP contribution in [0.3, 0.4) is 0 Å². The lowest BCUT2D eigenvalue weighted by atomic mass is 10.1. The second-order valence-electron chi connectivity index (χ2n) is 5.01. The summed E-state index contributed by atoms with van der Waals surface area (Å²) in [4.78, 5) is 4.12. The molecule has 0 saturated heterocycles. The van der Waals surface area contributed by atoms with Crippen molar-refractivity contribution in [3.05, 3.63) is 47.5 Å². The maximum absolute atomic E-state index is 6.15. The molecular weight excluding hydrogens is 238 g/mol. The Kier molecular flexibility index (Phi) is 3.57. The topological polar surface area (TPSA) is 79.6 Å². The molecule has 0 saturated carbocycles. The molecule has 2 atom stereocenters. The van der Waals surface area contributed by atoms with Crippen molar-refractivity contribution in [1.29, 1.82) is 0 Å². The van der Waals surface area contributed by atoms with Crippen LogP contribution in [0.4, 0.5) is 0 Å². The Morgan fingerprint density at radius 2 is 2.16 bits per heavy atom. The van der Waals surface area contributed by atoms with Crippen molar-refractivity contribution < 1.29 is 0 Å². The summed E-state index contributed by atoms with van der Waals surface area (Å²) in [5, 5.41) is 10.3. The van der Waals surface area contributed by atoms with E-state index in [1.807, 2.05) is 0 Å². The van der Waals surface area contributed by atoms with Crippen molar-refractivity contribution in [3.63, 3.8) is 0 Å². The Hall–Kier alpha value is -1.72. The van der Waals surface area contributed by atoms with Crippen molar-refractivity contribution in [2.24, 2.45) is 5.73 Å². The van der Waals surface area contributed by atoms with Crippen LogP contribution in [0.15, 0.2) is 30.6 Å². The molecule has 4 N–H and O–H groups in total. The van der Waals surface area contributed by atoms with Gasteiger partial charge in [-0.15, -0.1) is 0 Å². The summed E-state index contributed by atoms with van der Waals surface area (Å²) < 4.78 is 0. The number of nitrogens with zero attached hydrogens (tertiary/aromatic N) is 2. The molecule has 100 valence electrons. The lowest BCUT2D eigenvalue weighted by molar-refractivity contribution is 0.491. The largest absolute Gasteiger partial charge is 0.324 e. The zero-order chi connectivity index (χ0) is 13.1. The maximum Gasteiger partial charge on any atom is 0.137 e. The molecule has 0 amide bonds. The van der Waals surface area contributed by atoms with Crippen molar-refractivity contribution >= 4 is 0 Å². The van der Waals surface area contributed by atoms with Crippen molar-refractivity contribution in [2.75, 3.05) is 6.54 Å². The Morgan fingerprint density at radius 1 is 1.32 bits per heavy atom. The Bertz CT molecular complexity index is 522. The summed E-state index contributed by atoms with van der Waals surface area (Å²) >= 11 is 0. The van der Waals surface area contributed by atoms with Crippen LogP contribution in [0.1, 0.15) is 41.9 Å². The van der Waals surface area contributed by atoms with Gasteiger partial charge in [-0.25, -0.2) is 4.98 Å². The highest BCUT2D eigenvalue weighted by atomic mass is 15.2. The van der Waals surface area contributed by atoms with Gasteiger partial charge in [-0.2, -0.15) is 5.10 Å². The average molecular weight is 257 g/mol. The maximum atomic E-state index is 6.15. The fraction of sp³-hybridized carbons (Fsp3) is 0.429. The van der Waals surface area contributed by atoms with Crippen LogP contribution in [0.25, 0.3) is 0 Å². The van der Waals surface area contributed by atoms with Gasteiger partial charge in [0.15, 0.2) is 0 Å². The Balaban J connectivity index is 1.51. The smallest absolute Gasteiger partial charge is 0.137 e. The van der Waals surface area contributed by atoms with E-state index >= 15 is 0 Å².